The van der Waals surface area contributed by atoms with Gasteiger partial charge in [0.1, 0.15) is 0 Å². The van der Waals surface area contributed by atoms with Crippen molar-refractivity contribution in [2.24, 2.45) is 5.73 Å². The summed E-state index contributed by atoms with van der Waals surface area (Å²) in [6, 6.07) is 5.24. The Kier molecular flexibility index (Phi) is 5.25. The van der Waals surface area contributed by atoms with E-state index in [0.29, 0.717) is 21.6 Å². The molecule has 1 unspecified atom stereocenters. The lowest BCUT2D eigenvalue weighted by atomic mass is 10.1. The second-order valence-corrected chi connectivity index (χ2v) is 4.65. The summed E-state index contributed by atoms with van der Waals surface area (Å²) in [6.45, 7) is 2.40. The third-order valence-electron chi connectivity index (χ3n) is 2.31. The molecule has 1 rings (SSSR count). The van der Waals surface area contributed by atoms with E-state index in [-0.39, 0.29) is 11.9 Å². The number of carbonyl (C=O) groups excluding carboxylic acids is 1. The van der Waals surface area contributed by atoms with E-state index in [1.165, 1.54) is 0 Å². The summed E-state index contributed by atoms with van der Waals surface area (Å²) in [6.07, 6.45) is 0.799. The molecule has 0 aliphatic rings. The van der Waals surface area contributed by atoms with Crippen molar-refractivity contribution >= 4 is 33.4 Å². The van der Waals surface area contributed by atoms with Gasteiger partial charge in [-0.15, -0.1) is 0 Å². The van der Waals surface area contributed by atoms with Crippen LogP contribution < -0.4 is 11.1 Å². The second kappa shape index (κ2) is 6.23. The summed E-state index contributed by atoms with van der Waals surface area (Å²) in [5.41, 5.74) is 5.98. The molecule has 88 valence electrons. The van der Waals surface area contributed by atoms with Gasteiger partial charge in [-0.2, -0.15) is 0 Å². The van der Waals surface area contributed by atoms with Crippen molar-refractivity contribution in [3.63, 3.8) is 0 Å². The summed E-state index contributed by atoms with van der Waals surface area (Å²) in [7, 11) is 0. The van der Waals surface area contributed by atoms with Crippen molar-refractivity contribution in [1.82, 2.24) is 5.32 Å². The van der Waals surface area contributed by atoms with Crippen LogP contribution in [-0.2, 0) is 0 Å². The summed E-state index contributed by atoms with van der Waals surface area (Å²) in [5, 5.41) is 3.25. The molecule has 0 fully saturated rings. The molecule has 0 saturated carbocycles. The maximum atomic E-state index is 11.9. The van der Waals surface area contributed by atoms with E-state index in [9.17, 15) is 4.79 Å². The minimum atomic E-state index is -0.191. The van der Waals surface area contributed by atoms with E-state index in [0.717, 1.165) is 6.42 Å². The van der Waals surface area contributed by atoms with Crippen molar-refractivity contribution in [3.05, 3.63) is 33.3 Å². The molecule has 16 heavy (non-hydrogen) atoms. The van der Waals surface area contributed by atoms with Crippen LogP contribution in [0.5, 0.6) is 0 Å². The topological polar surface area (TPSA) is 55.1 Å². The van der Waals surface area contributed by atoms with Crippen LogP contribution in [-0.4, -0.2) is 18.5 Å². The highest BCUT2D eigenvalue weighted by molar-refractivity contribution is 9.10. The van der Waals surface area contributed by atoms with Gasteiger partial charge in [-0.1, -0.05) is 24.6 Å². The molecular weight excluding hydrogens is 291 g/mol. The van der Waals surface area contributed by atoms with Crippen molar-refractivity contribution in [1.29, 1.82) is 0 Å². The highest BCUT2D eigenvalue weighted by Gasteiger charge is 2.14. The van der Waals surface area contributed by atoms with Gasteiger partial charge in [-0.25, -0.2) is 0 Å². The molecule has 1 amide bonds. The quantitative estimate of drug-likeness (QED) is 0.898. The van der Waals surface area contributed by atoms with Gasteiger partial charge in [0.25, 0.3) is 5.91 Å². The maximum Gasteiger partial charge on any atom is 0.253 e. The molecule has 0 spiro atoms. The first kappa shape index (κ1) is 13.5. The van der Waals surface area contributed by atoms with Gasteiger partial charge in [0.2, 0.25) is 0 Å². The number of amides is 1. The van der Waals surface area contributed by atoms with Crippen LogP contribution in [0, 0.1) is 0 Å². The Balaban J connectivity index is 2.84. The van der Waals surface area contributed by atoms with Gasteiger partial charge < -0.3 is 11.1 Å². The Bertz CT molecular complexity index is 380. The molecular formula is C11H14BrClN2O. The highest BCUT2D eigenvalue weighted by Crippen LogP contribution is 2.25. The second-order valence-electron chi connectivity index (χ2n) is 3.42. The Labute approximate surface area is 108 Å². The number of rotatable bonds is 4. The average Bonchev–Trinajstić information content (AvgIpc) is 2.29. The van der Waals surface area contributed by atoms with Crippen LogP contribution in [0.25, 0.3) is 0 Å². The molecule has 0 saturated heterocycles. The molecule has 0 radical (unpaired) electrons. The summed E-state index contributed by atoms with van der Waals surface area (Å²) in [4.78, 5) is 11.9. The van der Waals surface area contributed by atoms with Crippen molar-refractivity contribution in [3.8, 4) is 0 Å². The summed E-state index contributed by atoms with van der Waals surface area (Å²) >= 11 is 9.30. The van der Waals surface area contributed by atoms with E-state index in [1.54, 1.807) is 18.2 Å². The monoisotopic (exact) mass is 304 g/mol. The van der Waals surface area contributed by atoms with Gasteiger partial charge in [0, 0.05) is 17.1 Å². The lowest BCUT2D eigenvalue weighted by Crippen LogP contribution is -2.39. The van der Waals surface area contributed by atoms with Crippen LogP contribution in [0.3, 0.4) is 0 Å². The van der Waals surface area contributed by atoms with Crippen LogP contribution in [0.1, 0.15) is 23.7 Å². The molecule has 1 aromatic rings. The largest absolute Gasteiger partial charge is 0.348 e. The fraction of sp³-hybridized carbons (Fsp3) is 0.364. The normalized spacial score (nSPS) is 12.2. The van der Waals surface area contributed by atoms with Crippen LogP contribution >= 0.6 is 27.5 Å². The average molecular weight is 306 g/mol. The van der Waals surface area contributed by atoms with E-state index < -0.39 is 0 Å². The van der Waals surface area contributed by atoms with Crippen molar-refractivity contribution in [2.45, 2.75) is 19.4 Å². The molecule has 0 aromatic heterocycles. The Morgan fingerprint density at radius 1 is 1.62 bits per heavy atom. The minimum Gasteiger partial charge on any atom is -0.348 e. The zero-order valence-electron chi connectivity index (χ0n) is 8.97. The molecule has 0 aliphatic heterocycles. The highest BCUT2D eigenvalue weighted by atomic mass is 79.9. The smallest absolute Gasteiger partial charge is 0.253 e. The third kappa shape index (κ3) is 3.20. The number of halogens is 2. The first-order valence-electron chi connectivity index (χ1n) is 5.05. The Morgan fingerprint density at radius 3 is 2.88 bits per heavy atom. The van der Waals surface area contributed by atoms with Crippen LogP contribution in [0.15, 0.2) is 22.7 Å². The fourth-order valence-electron chi connectivity index (χ4n) is 1.27. The molecule has 1 aromatic carbocycles. The van der Waals surface area contributed by atoms with Gasteiger partial charge in [0.05, 0.1) is 10.6 Å². The van der Waals surface area contributed by atoms with Crippen molar-refractivity contribution in [2.75, 3.05) is 6.54 Å². The predicted octanol–water partition coefficient (Wildman–Crippen LogP) is 2.57. The SMILES string of the molecule is CCC(CN)NC(=O)c1cccc(Br)c1Cl. The van der Waals surface area contributed by atoms with E-state index >= 15 is 0 Å². The predicted molar refractivity (Wildman–Crippen MR) is 69.8 cm³/mol. The van der Waals surface area contributed by atoms with E-state index in [2.05, 4.69) is 21.2 Å². The van der Waals surface area contributed by atoms with Gasteiger partial charge >= 0.3 is 0 Å². The standard InChI is InChI=1S/C11H14BrClN2O/c1-2-7(6-14)15-11(16)8-4-3-5-9(12)10(8)13/h3-5,7H,2,6,14H2,1H3,(H,15,16). The molecule has 0 aliphatic carbocycles. The summed E-state index contributed by atoms with van der Waals surface area (Å²) < 4.78 is 0.711. The summed E-state index contributed by atoms with van der Waals surface area (Å²) in [5.74, 6) is -0.191. The number of nitrogens with one attached hydrogen (secondary N) is 1. The maximum absolute atomic E-state index is 11.9. The Hall–Kier alpha value is -0.580. The molecule has 0 heterocycles. The Morgan fingerprint density at radius 2 is 2.31 bits per heavy atom. The zero-order valence-corrected chi connectivity index (χ0v) is 11.3. The number of nitrogens with two attached hydrogens (primary N) is 1. The van der Waals surface area contributed by atoms with E-state index in [4.69, 9.17) is 17.3 Å². The zero-order chi connectivity index (χ0) is 12.1. The van der Waals surface area contributed by atoms with Gasteiger partial charge in [-0.05, 0) is 34.5 Å². The van der Waals surface area contributed by atoms with E-state index in [1.807, 2.05) is 6.92 Å². The number of hydrogen-bond acceptors (Lipinski definition) is 2. The third-order valence-corrected chi connectivity index (χ3v) is 3.61. The van der Waals surface area contributed by atoms with Gasteiger partial charge in [0.15, 0.2) is 0 Å². The molecule has 1 atom stereocenters. The molecule has 0 bridgehead atoms. The number of hydrogen-bond donors (Lipinski definition) is 2. The van der Waals surface area contributed by atoms with Crippen LogP contribution in [0.4, 0.5) is 0 Å². The molecule has 3 nitrogen and oxygen atoms in total. The van der Waals surface area contributed by atoms with Gasteiger partial charge in [-0.3, -0.25) is 4.79 Å². The van der Waals surface area contributed by atoms with Crippen LogP contribution in [0.2, 0.25) is 5.02 Å². The number of benzene rings is 1. The molecule has 5 heteroatoms. The van der Waals surface area contributed by atoms with Crippen molar-refractivity contribution < 1.29 is 4.79 Å². The lowest BCUT2D eigenvalue weighted by Gasteiger charge is -2.15. The lowest BCUT2D eigenvalue weighted by molar-refractivity contribution is 0.0937. The number of carbonyl (C=O) groups is 1. The first-order valence-corrected chi connectivity index (χ1v) is 6.22. The first-order chi connectivity index (χ1) is 7.60. The minimum absolute atomic E-state index is 0.0115. The fourth-order valence-corrected chi connectivity index (χ4v) is 1.85. The molecule has 3 N–H and O–H groups in total.